The quantitative estimate of drug-likeness (QED) is 0.667. The summed E-state index contributed by atoms with van der Waals surface area (Å²) in [6.07, 6.45) is 0. The first-order valence-corrected chi connectivity index (χ1v) is 6.44. The number of carbonyl (C=O) groups excluding carboxylic acids is 2. The smallest absolute Gasteiger partial charge is 0.338 e. The van der Waals surface area contributed by atoms with E-state index in [0.29, 0.717) is 16.9 Å². The number of amides is 1. The maximum absolute atomic E-state index is 11.8. The number of nitrogen functional groups attached to an aromatic ring is 1. The van der Waals surface area contributed by atoms with Gasteiger partial charge in [-0.25, -0.2) is 4.79 Å². The third-order valence-corrected chi connectivity index (χ3v) is 2.73. The largest absolute Gasteiger partial charge is 0.452 e. The molecule has 2 rings (SSSR count). The van der Waals surface area contributed by atoms with E-state index in [1.165, 1.54) is 6.07 Å². The fraction of sp³-hybridized carbons (Fsp3) is 0.125. The molecule has 5 nitrogen and oxygen atoms in total. The van der Waals surface area contributed by atoms with E-state index in [-0.39, 0.29) is 6.61 Å². The van der Waals surface area contributed by atoms with Crippen LogP contribution in [0.2, 0.25) is 0 Å². The minimum Gasteiger partial charge on any atom is -0.452 e. The van der Waals surface area contributed by atoms with Gasteiger partial charge in [-0.3, -0.25) is 4.79 Å². The van der Waals surface area contributed by atoms with Crippen molar-refractivity contribution in [3.63, 3.8) is 0 Å². The topological polar surface area (TPSA) is 81.4 Å². The van der Waals surface area contributed by atoms with Crippen LogP contribution in [0, 0.1) is 6.92 Å². The third kappa shape index (κ3) is 4.35. The molecule has 0 heterocycles. The van der Waals surface area contributed by atoms with Gasteiger partial charge in [-0.05, 0) is 42.8 Å². The van der Waals surface area contributed by atoms with Gasteiger partial charge >= 0.3 is 5.97 Å². The number of hydrogen-bond acceptors (Lipinski definition) is 4. The molecule has 2 aromatic carbocycles. The van der Waals surface area contributed by atoms with E-state index in [0.717, 1.165) is 5.56 Å². The molecule has 3 N–H and O–H groups in total. The van der Waals surface area contributed by atoms with Crippen molar-refractivity contribution >= 4 is 23.3 Å². The summed E-state index contributed by atoms with van der Waals surface area (Å²) in [5, 5.41) is 2.63. The van der Waals surface area contributed by atoms with Crippen LogP contribution in [-0.2, 0) is 9.53 Å². The summed E-state index contributed by atoms with van der Waals surface area (Å²) >= 11 is 0. The van der Waals surface area contributed by atoms with Gasteiger partial charge in [0, 0.05) is 11.4 Å². The van der Waals surface area contributed by atoms with Crippen molar-refractivity contribution < 1.29 is 14.3 Å². The number of ether oxygens (including phenoxy) is 1. The molecule has 21 heavy (non-hydrogen) atoms. The first-order chi connectivity index (χ1) is 10.0. The number of benzene rings is 2. The molecule has 0 spiro atoms. The molecule has 0 bridgehead atoms. The highest BCUT2D eigenvalue weighted by Crippen LogP contribution is 2.12. The van der Waals surface area contributed by atoms with Crippen molar-refractivity contribution in [1.29, 1.82) is 0 Å². The highest BCUT2D eigenvalue weighted by atomic mass is 16.5. The molecular formula is C16H16N2O3. The molecule has 0 radical (unpaired) electrons. The van der Waals surface area contributed by atoms with Crippen LogP contribution in [0.4, 0.5) is 11.4 Å². The molecule has 5 heteroatoms. The molecule has 0 atom stereocenters. The van der Waals surface area contributed by atoms with E-state index < -0.39 is 11.9 Å². The minimum absolute atomic E-state index is 0.333. The fourth-order valence-corrected chi connectivity index (χ4v) is 1.86. The number of anilines is 2. The lowest BCUT2D eigenvalue weighted by atomic mass is 10.1. The lowest BCUT2D eigenvalue weighted by Gasteiger charge is -2.07. The Balaban J connectivity index is 1.90. The van der Waals surface area contributed by atoms with Crippen LogP contribution in [0.15, 0.2) is 48.5 Å². The molecule has 0 saturated heterocycles. The first kappa shape index (κ1) is 14.6. The van der Waals surface area contributed by atoms with Gasteiger partial charge in [-0.2, -0.15) is 0 Å². The number of para-hydroxylation sites is 1. The third-order valence-electron chi connectivity index (χ3n) is 2.73. The summed E-state index contributed by atoms with van der Waals surface area (Å²) < 4.78 is 4.97. The van der Waals surface area contributed by atoms with Gasteiger partial charge in [0.05, 0.1) is 5.56 Å². The zero-order valence-corrected chi connectivity index (χ0v) is 11.6. The van der Waals surface area contributed by atoms with Crippen molar-refractivity contribution in [2.45, 2.75) is 6.92 Å². The second-order valence-electron chi connectivity index (χ2n) is 4.62. The molecular weight excluding hydrogens is 268 g/mol. The lowest BCUT2D eigenvalue weighted by Crippen LogP contribution is -2.21. The average Bonchev–Trinajstić information content (AvgIpc) is 2.45. The van der Waals surface area contributed by atoms with Gasteiger partial charge in [0.25, 0.3) is 5.91 Å². The van der Waals surface area contributed by atoms with Crippen molar-refractivity contribution in [3.05, 3.63) is 59.7 Å². The van der Waals surface area contributed by atoms with Crippen molar-refractivity contribution in [1.82, 2.24) is 0 Å². The molecule has 0 saturated carbocycles. The number of nitrogens with two attached hydrogens (primary N) is 1. The Morgan fingerprint density at radius 2 is 1.86 bits per heavy atom. The Labute approximate surface area is 122 Å². The van der Waals surface area contributed by atoms with E-state index in [1.807, 2.05) is 13.0 Å². The summed E-state index contributed by atoms with van der Waals surface area (Å²) in [5.41, 5.74) is 7.99. The zero-order chi connectivity index (χ0) is 15.2. The predicted molar refractivity (Wildman–Crippen MR) is 80.9 cm³/mol. The lowest BCUT2D eigenvalue weighted by molar-refractivity contribution is -0.119. The van der Waals surface area contributed by atoms with Crippen molar-refractivity contribution in [2.75, 3.05) is 17.7 Å². The van der Waals surface area contributed by atoms with Crippen LogP contribution in [0.1, 0.15) is 15.9 Å². The normalized spacial score (nSPS) is 9.95. The summed E-state index contributed by atoms with van der Waals surface area (Å²) in [7, 11) is 0. The number of esters is 1. The van der Waals surface area contributed by atoms with Gasteiger partial charge in [-0.1, -0.05) is 18.2 Å². The molecule has 0 aliphatic heterocycles. The Morgan fingerprint density at radius 3 is 2.52 bits per heavy atom. The van der Waals surface area contributed by atoms with Crippen LogP contribution in [0.3, 0.4) is 0 Å². The van der Waals surface area contributed by atoms with Gasteiger partial charge in [0.1, 0.15) is 0 Å². The summed E-state index contributed by atoms with van der Waals surface area (Å²) in [6, 6.07) is 13.9. The number of carbonyl (C=O) groups is 2. The Morgan fingerprint density at radius 1 is 1.14 bits per heavy atom. The number of aryl methyl sites for hydroxylation is 1. The summed E-state index contributed by atoms with van der Waals surface area (Å²) in [4.78, 5) is 23.5. The summed E-state index contributed by atoms with van der Waals surface area (Å²) in [6.45, 7) is 1.48. The molecule has 0 aliphatic rings. The predicted octanol–water partition coefficient (Wildman–Crippen LogP) is 2.37. The Hall–Kier alpha value is -2.82. The molecule has 0 unspecified atom stereocenters. The minimum atomic E-state index is -0.575. The highest BCUT2D eigenvalue weighted by Gasteiger charge is 2.11. The van der Waals surface area contributed by atoms with Crippen LogP contribution in [0.25, 0.3) is 0 Å². The van der Waals surface area contributed by atoms with Gasteiger partial charge < -0.3 is 15.8 Å². The van der Waals surface area contributed by atoms with Crippen molar-refractivity contribution in [3.8, 4) is 0 Å². The molecule has 0 fully saturated rings. The molecule has 0 aromatic heterocycles. The monoisotopic (exact) mass is 284 g/mol. The van der Waals surface area contributed by atoms with E-state index in [1.54, 1.807) is 36.4 Å². The zero-order valence-electron chi connectivity index (χ0n) is 11.6. The highest BCUT2D eigenvalue weighted by molar-refractivity contribution is 5.95. The van der Waals surface area contributed by atoms with Gasteiger partial charge in [0.2, 0.25) is 0 Å². The maximum Gasteiger partial charge on any atom is 0.338 e. The van der Waals surface area contributed by atoms with Crippen LogP contribution < -0.4 is 11.1 Å². The van der Waals surface area contributed by atoms with E-state index >= 15 is 0 Å². The van der Waals surface area contributed by atoms with E-state index in [2.05, 4.69) is 5.32 Å². The molecule has 108 valence electrons. The Bertz CT molecular complexity index is 634. The van der Waals surface area contributed by atoms with Crippen LogP contribution in [0.5, 0.6) is 0 Å². The Kier molecular flexibility index (Phi) is 4.56. The number of rotatable bonds is 4. The second kappa shape index (κ2) is 6.56. The SMILES string of the molecule is Cc1cc(N)cc(C(=O)OCC(=O)Nc2ccccc2)c1. The van der Waals surface area contributed by atoms with Gasteiger partial charge in [-0.15, -0.1) is 0 Å². The van der Waals surface area contributed by atoms with E-state index in [4.69, 9.17) is 10.5 Å². The number of nitrogens with one attached hydrogen (secondary N) is 1. The molecule has 0 aliphatic carbocycles. The van der Waals surface area contributed by atoms with E-state index in [9.17, 15) is 9.59 Å². The number of hydrogen-bond donors (Lipinski definition) is 2. The molecule has 2 aromatic rings. The summed E-state index contributed by atoms with van der Waals surface area (Å²) in [5.74, 6) is -0.969. The fourth-order valence-electron chi connectivity index (χ4n) is 1.86. The molecule has 1 amide bonds. The van der Waals surface area contributed by atoms with Gasteiger partial charge in [0.15, 0.2) is 6.61 Å². The second-order valence-corrected chi connectivity index (χ2v) is 4.62. The van der Waals surface area contributed by atoms with Crippen molar-refractivity contribution in [2.24, 2.45) is 0 Å². The average molecular weight is 284 g/mol. The first-order valence-electron chi connectivity index (χ1n) is 6.44. The maximum atomic E-state index is 11.8. The van der Waals surface area contributed by atoms with Crippen LogP contribution >= 0.6 is 0 Å². The standard InChI is InChI=1S/C16H16N2O3/c1-11-7-12(9-13(17)8-11)16(20)21-10-15(19)18-14-5-3-2-4-6-14/h2-9H,10,17H2,1H3,(H,18,19). The van der Waals surface area contributed by atoms with Crippen LogP contribution in [-0.4, -0.2) is 18.5 Å².